The summed E-state index contributed by atoms with van der Waals surface area (Å²) in [5.41, 5.74) is 0.529. The van der Waals surface area contributed by atoms with Crippen LogP contribution >= 0.6 is 11.6 Å². The van der Waals surface area contributed by atoms with E-state index in [1.807, 2.05) is 6.92 Å². The van der Waals surface area contributed by atoms with Gasteiger partial charge in [0, 0.05) is 25.2 Å². The number of halogens is 1. The van der Waals surface area contributed by atoms with Crippen LogP contribution in [0.3, 0.4) is 0 Å². The van der Waals surface area contributed by atoms with Gasteiger partial charge in [0.05, 0.1) is 18.9 Å². The summed E-state index contributed by atoms with van der Waals surface area (Å²) in [5.74, 6) is 0.860. The number of nitrogens with zero attached hydrogens (tertiary/aromatic N) is 2. The van der Waals surface area contributed by atoms with Gasteiger partial charge in [0.15, 0.2) is 0 Å². The molecular formula is C12H17ClN2O2. The number of carbonyl (C=O) groups is 1. The monoisotopic (exact) mass is 256 g/mol. The second kappa shape index (κ2) is 7.12. The number of aromatic nitrogens is 1. The lowest BCUT2D eigenvalue weighted by Crippen LogP contribution is -2.33. The van der Waals surface area contributed by atoms with E-state index < -0.39 is 0 Å². The molecule has 0 aliphatic heterocycles. The summed E-state index contributed by atoms with van der Waals surface area (Å²) < 4.78 is 5.13. The molecule has 0 atom stereocenters. The van der Waals surface area contributed by atoms with E-state index >= 15 is 0 Å². The van der Waals surface area contributed by atoms with Crippen LogP contribution in [0.5, 0.6) is 5.75 Å². The molecule has 0 bridgehead atoms. The normalized spacial score (nSPS) is 10.1. The van der Waals surface area contributed by atoms with Gasteiger partial charge in [0.1, 0.15) is 5.75 Å². The van der Waals surface area contributed by atoms with Crippen molar-refractivity contribution in [1.82, 2.24) is 9.88 Å². The van der Waals surface area contributed by atoms with Crippen LogP contribution in [0, 0.1) is 0 Å². The van der Waals surface area contributed by atoms with Gasteiger partial charge in [-0.2, -0.15) is 0 Å². The molecule has 0 aromatic carbocycles. The smallest absolute Gasteiger partial charge is 0.257 e. The molecule has 5 heteroatoms. The van der Waals surface area contributed by atoms with E-state index in [1.165, 1.54) is 13.3 Å². The summed E-state index contributed by atoms with van der Waals surface area (Å²) >= 11 is 5.70. The second-order valence-corrected chi connectivity index (χ2v) is 3.94. The largest absolute Gasteiger partial charge is 0.494 e. The lowest BCUT2D eigenvalue weighted by Gasteiger charge is -2.21. The maximum atomic E-state index is 12.3. The van der Waals surface area contributed by atoms with Crippen molar-refractivity contribution >= 4 is 17.5 Å². The SMILES string of the molecule is CCCN(CCCl)C(=O)c1ccncc1OC. The van der Waals surface area contributed by atoms with Crippen LogP contribution < -0.4 is 4.74 Å². The first-order chi connectivity index (χ1) is 8.24. The number of alkyl halides is 1. The number of hydrogen-bond acceptors (Lipinski definition) is 3. The minimum atomic E-state index is -0.0632. The molecule has 0 fully saturated rings. The summed E-state index contributed by atoms with van der Waals surface area (Å²) in [4.78, 5) is 17.9. The van der Waals surface area contributed by atoms with Gasteiger partial charge < -0.3 is 9.64 Å². The lowest BCUT2D eigenvalue weighted by molar-refractivity contribution is 0.0762. The first-order valence-electron chi connectivity index (χ1n) is 5.57. The number of amides is 1. The van der Waals surface area contributed by atoms with Crippen LogP contribution in [-0.2, 0) is 0 Å². The van der Waals surface area contributed by atoms with Crippen molar-refractivity contribution in [2.45, 2.75) is 13.3 Å². The van der Waals surface area contributed by atoms with E-state index in [-0.39, 0.29) is 5.91 Å². The molecule has 1 rings (SSSR count). The highest BCUT2D eigenvalue weighted by molar-refractivity contribution is 6.18. The van der Waals surface area contributed by atoms with Crippen molar-refractivity contribution in [3.63, 3.8) is 0 Å². The van der Waals surface area contributed by atoms with Gasteiger partial charge >= 0.3 is 0 Å². The highest BCUT2D eigenvalue weighted by Gasteiger charge is 2.18. The Morgan fingerprint density at radius 3 is 2.88 bits per heavy atom. The summed E-state index contributed by atoms with van der Waals surface area (Å²) in [6.07, 6.45) is 4.02. The van der Waals surface area contributed by atoms with E-state index in [2.05, 4.69) is 4.98 Å². The third-order valence-corrected chi connectivity index (χ3v) is 2.54. The first kappa shape index (κ1) is 13.8. The Bertz CT molecular complexity index is 365. The molecule has 4 nitrogen and oxygen atoms in total. The Morgan fingerprint density at radius 2 is 2.29 bits per heavy atom. The van der Waals surface area contributed by atoms with Crippen molar-refractivity contribution in [3.05, 3.63) is 24.0 Å². The molecule has 0 aliphatic carbocycles. The quantitative estimate of drug-likeness (QED) is 0.733. The predicted octanol–water partition coefficient (Wildman–Crippen LogP) is 2.18. The zero-order chi connectivity index (χ0) is 12.7. The average Bonchev–Trinajstić information content (AvgIpc) is 2.37. The fourth-order valence-corrected chi connectivity index (χ4v) is 1.78. The zero-order valence-corrected chi connectivity index (χ0v) is 10.9. The molecule has 0 saturated carbocycles. The van der Waals surface area contributed by atoms with E-state index in [1.54, 1.807) is 17.2 Å². The average molecular weight is 257 g/mol. The fraction of sp³-hybridized carbons (Fsp3) is 0.500. The molecule has 0 saturated heterocycles. The number of hydrogen-bond donors (Lipinski definition) is 0. The van der Waals surface area contributed by atoms with Crippen LogP contribution in [0.15, 0.2) is 18.5 Å². The Balaban J connectivity index is 2.92. The molecule has 1 aromatic rings. The molecule has 1 amide bonds. The van der Waals surface area contributed by atoms with Gasteiger partial charge in [-0.15, -0.1) is 11.6 Å². The summed E-state index contributed by atoms with van der Waals surface area (Å²) in [6, 6.07) is 1.66. The maximum Gasteiger partial charge on any atom is 0.257 e. The third-order valence-electron chi connectivity index (χ3n) is 2.37. The van der Waals surface area contributed by atoms with Crippen molar-refractivity contribution in [2.24, 2.45) is 0 Å². The summed E-state index contributed by atoms with van der Waals surface area (Å²) in [7, 11) is 1.53. The number of rotatable bonds is 6. The zero-order valence-electron chi connectivity index (χ0n) is 10.1. The Kier molecular flexibility index (Phi) is 5.77. The van der Waals surface area contributed by atoms with Crippen LogP contribution in [0.1, 0.15) is 23.7 Å². The molecule has 0 unspecified atom stereocenters. The van der Waals surface area contributed by atoms with Crippen molar-refractivity contribution in [3.8, 4) is 5.75 Å². The number of methoxy groups -OCH3 is 1. The van der Waals surface area contributed by atoms with E-state index in [0.29, 0.717) is 30.3 Å². The van der Waals surface area contributed by atoms with Gasteiger partial charge in [-0.1, -0.05) is 6.92 Å². The molecule has 17 heavy (non-hydrogen) atoms. The van der Waals surface area contributed by atoms with Crippen molar-refractivity contribution in [1.29, 1.82) is 0 Å². The van der Waals surface area contributed by atoms with Crippen molar-refractivity contribution < 1.29 is 9.53 Å². The van der Waals surface area contributed by atoms with Crippen molar-refractivity contribution in [2.75, 3.05) is 26.1 Å². The second-order valence-electron chi connectivity index (χ2n) is 3.56. The summed E-state index contributed by atoms with van der Waals surface area (Å²) in [6.45, 7) is 3.26. The minimum Gasteiger partial charge on any atom is -0.494 e. The predicted molar refractivity (Wildman–Crippen MR) is 67.7 cm³/mol. The standard InChI is InChI=1S/C12H17ClN2O2/c1-3-7-15(8-5-13)12(16)10-4-6-14-9-11(10)17-2/h4,6,9H,3,5,7-8H2,1-2H3. The van der Waals surface area contributed by atoms with E-state index in [4.69, 9.17) is 16.3 Å². The molecule has 0 N–H and O–H groups in total. The number of pyridine rings is 1. The summed E-state index contributed by atoms with van der Waals surface area (Å²) in [5, 5.41) is 0. The molecule has 1 heterocycles. The molecule has 1 aromatic heterocycles. The Hall–Kier alpha value is -1.29. The van der Waals surface area contributed by atoms with Gasteiger partial charge in [-0.05, 0) is 12.5 Å². The van der Waals surface area contributed by atoms with Crippen LogP contribution in [0.25, 0.3) is 0 Å². The Labute approximate surface area is 107 Å². The first-order valence-corrected chi connectivity index (χ1v) is 6.11. The topological polar surface area (TPSA) is 42.4 Å². The minimum absolute atomic E-state index is 0.0632. The number of ether oxygens (including phenoxy) is 1. The van der Waals surface area contributed by atoms with Gasteiger partial charge in [0.25, 0.3) is 5.91 Å². The lowest BCUT2D eigenvalue weighted by atomic mass is 10.2. The Morgan fingerprint density at radius 1 is 1.53 bits per heavy atom. The van der Waals surface area contributed by atoms with E-state index in [9.17, 15) is 4.79 Å². The number of carbonyl (C=O) groups excluding carboxylic acids is 1. The highest BCUT2D eigenvalue weighted by Crippen LogP contribution is 2.18. The fourth-order valence-electron chi connectivity index (χ4n) is 1.58. The molecule has 0 radical (unpaired) electrons. The highest BCUT2D eigenvalue weighted by atomic mass is 35.5. The molecular weight excluding hydrogens is 240 g/mol. The third kappa shape index (κ3) is 3.60. The molecule has 94 valence electrons. The van der Waals surface area contributed by atoms with Crippen LogP contribution in [0.4, 0.5) is 0 Å². The molecule has 0 aliphatic rings. The maximum absolute atomic E-state index is 12.3. The van der Waals surface area contributed by atoms with Crippen LogP contribution in [-0.4, -0.2) is 41.9 Å². The van der Waals surface area contributed by atoms with E-state index in [0.717, 1.165) is 6.42 Å². The van der Waals surface area contributed by atoms with Crippen LogP contribution in [0.2, 0.25) is 0 Å². The molecule has 0 spiro atoms. The van der Waals surface area contributed by atoms with Gasteiger partial charge in [-0.3, -0.25) is 9.78 Å². The van der Waals surface area contributed by atoms with Gasteiger partial charge in [-0.25, -0.2) is 0 Å². The van der Waals surface area contributed by atoms with Gasteiger partial charge in [0.2, 0.25) is 0 Å².